The molecule has 0 radical (unpaired) electrons. The van der Waals surface area contributed by atoms with E-state index in [1.165, 1.54) is 17.1 Å². The van der Waals surface area contributed by atoms with E-state index in [-0.39, 0.29) is 0 Å². The predicted molar refractivity (Wildman–Crippen MR) is 79.6 cm³/mol. The van der Waals surface area contributed by atoms with Crippen molar-refractivity contribution in [3.05, 3.63) is 27.7 Å². The molecule has 1 saturated carbocycles. The first kappa shape index (κ1) is 15.0. The highest BCUT2D eigenvalue weighted by molar-refractivity contribution is 9.10. The van der Waals surface area contributed by atoms with Crippen LogP contribution in [0.4, 0.5) is 0 Å². The maximum atomic E-state index is 12.3. The van der Waals surface area contributed by atoms with Gasteiger partial charge < -0.3 is 5.32 Å². The number of hydrogen-bond acceptors (Lipinski definition) is 3. The summed E-state index contributed by atoms with van der Waals surface area (Å²) in [5, 5.41) is 3.40. The first-order valence-corrected chi connectivity index (χ1v) is 8.50. The van der Waals surface area contributed by atoms with Crippen LogP contribution < -0.4 is 5.32 Å². The molecule has 1 aliphatic carbocycles. The van der Waals surface area contributed by atoms with Crippen molar-refractivity contribution in [2.24, 2.45) is 0 Å². The van der Waals surface area contributed by atoms with E-state index in [4.69, 9.17) is 0 Å². The van der Waals surface area contributed by atoms with Gasteiger partial charge in [-0.05, 0) is 52.9 Å². The van der Waals surface area contributed by atoms with Crippen LogP contribution >= 0.6 is 15.9 Å². The Morgan fingerprint density at radius 3 is 2.53 bits per heavy atom. The van der Waals surface area contributed by atoms with Crippen molar-refractivity contribution in [2.45, 2.75) is 37.2 Å². The van der Waals surface area contributed by atoms with Gasteiger partial charge in [0.1, 0.15) is 0 Å². The third-order valence-electron chi connectivity index (χ3n) is 3.21. The van der Waals surface area contributed by atoms with Crippen LogP contribution in [-0.2, 0) is 16.6 Å². The molecule has 2 rings (SSSR count). The molecule has 4 nitrogen and oxygen atoms in total. The Hall–Kier alpha value is -0.430. The maximum Gasteiger partial charge on any atom is 0.243 e. The highest BCUT2D eigenvalue weighted by Crippen LogP contribution is 2.29. The SMILES string of the molecule is Cc1cc(CNC2CC2)cc(S(=O)(=O)N(C)C)c1Br. The summed E-state index contributed by atoms with van der Waals surface area (Å²) in [5.74, 6) is 0. The third-order valence-corrected chi connectivity index (χ3v) is 6.37. The molecule has 106 valence electrons. The Kier molecular flexibility index (Phi) is 4.35. The number of nitrogens with zero attached hydrogens (tertiary/aromatic N) is 1. The highest BCUT2D eigenvalue weighted by atomic mass is 79.9. The number of aryl methyl sites for hydroxylation is 1. The predicted octanol–water partition coefficient (Wildman–Crippen LogP) is 2.26. The quantitative estimate of drug-likeness (QED) is 0.889. The van der Waals surface area contributed by atoms with Gasteiger partial charge in [-0.15, -0.1) is 0 Å². The molecule has 0 bridgehead atoms. The second-order valence-corrected chi connectivity index (χ2v) is 8.08. The van der Waals surface area contributed by atoms with Crippen molar-refractivity contribution < 1.29 is 8.42 Å². The first-order chi connectivity index (χ1) is 8.82. The standard InChI is InChI=1S/C13H19BrN2O2S/c1-9-6-10(8-15-11-4-5-11)7-12(13(9)14)19(17,18)16(2)3/h6-7,11,15H,4-5,8H2,1-3H3. The minimum absolute atomic E-state index is 0.338. The maximum absolute atomic E-state index is 12.3. The molecule has 1 N–H and O–H groups in total. The highest BCUT2D eigenvalue weighted by Gasteiger charge is 2.23. The molecule has 0 saturated heterocycles. The van der Waals surface area contributed by atoms with E-state index >= 15 is 0 Å². The Balaban J connectivity index is 2.35. The van der Waals surface area contributed by atoms with Crippen LogP contribution in [0.25, 0.3) is 0 Å². The van der Waals surface area contributed by atoms with Gasteiger partial charge >= 0.3 is 0 Å². The topological polar surface area (TPSA) is 49.4 Å². The molecule has 0 amide bonds. The zero-order valence-corrected chi connectivity index (χ0v) is 13.8. The molecule has 0 unspecified atom stereocenters. The fraction of sp³-hybridized carbons (Fsp3) is 0.538. The molecule has 0 heterocycles. The van der Waals surface area contributed by atoms with Gasteiger partial charge in [-0.1, -0.05) is 6.07 Å². The molecule has 1 fully saturated rings. The van der Waals surface area contributed by atoms with Gasteiger partial charge in [0, 0.05) is 31.2 Å². The first-order valence-electron chi connectivity index (χ1n) is 6.27. The summed E-state index contributed by atoms with van der Waals surface area (Å²) in [6.07, 6.45) is 2.44. The summed E-state index contributed by atoms with van der Waals surface area (Å²) < 4.78 is 26.5. The van der Waals surface area contributed by atoms with E-state index in [2.05, 4.69) is 21.2 Å². The van der Waals surface area contributed by atoms with Crippen LogP contribution in [0.5, 0.6) is 0 Å². The number of rotatable bonds is 5. The summed E-state index contributed by atoms with van der Waals surface area (Å²) in [5.41, 5.74) is 1.95. The van der Waals surface area contributed by atoms with Crippen molar-refractivity contribution in [3.8, 4) is 0 Å². The van der Waals surface area contributed by atoms with E-state index in [1.807, 2.05) is 13.0 Å². The lowest BCUT2D eigenvalue weighted by Crippen LogP contribution is -2.23. The average Bonchev–Trinajstić information content (AvgIpc) is 3.14. The summed E-state index contributed by atoms with van der Waals surface area (Å²) in [4.78, 5) is 0.338. The van der Waals surface area contributed by atoms with Gasteiger partial charge in [-0.3, -0.25) is 0 Å². The van der Waals surface area contributed by atoms with Crippen LogP contribution in [0, 0.1) is 6.92 Å². The van der Waals surface area contributed by atoms with E-state index in [9.17, 15) is 8.42 Å². The van der Waals surface area contributed by atoms with Crippen LogP contribution in [-0.4, -0.2) is 32.9 Å². The molecule has 1 aromatic carbocycles. The molecule has 0 aromatic heterocycles. The number of sulfonamides is 1. The smallest absolute Gasteiger partial charge is 0.243 e. The molecule has 19 heavy (non-hydrogen) atoms. The van der Waals surface area contributed by atoms with Crippen molar-refractivity contribution in [2.75, 3.05) is 14.1 Å². The largest absolute Gasteiger partial charge is 0.310 e. The van der Waals surface area contributed by atoms with E-state index in [0.717, 1.165) is 11.1 Å². The summed E-state index contributed by atoms with van der Waals surface area (Å²) >= 11 is 3.38. The molecular formula is C13H19BrN2O2S. The summed E-state index contributed by atoms with van der Waals surface area (Å²) in [6.45, 7) is 2.63. The van der Waals surface area contributed by atoms with E-state index in [1.54, 1.807) is 20.2 Å². The lowest BCUT2D eigenvalue weighted by molar-refractivity contribution is 0.520. The van der Waals surface area contributed by atoms with Crippen molar-refractivity contribution in [1.29, 1.82) is 0 Å². The number of hydrogen-bond donors (Lipinski definition) is 1. The fourth-order valence-electron chi connectivity index (χ4n) is 1.85. The van der Waals surface area contributed by atoms with Crippen LogP contribution in [0.3, 0.4) is 0 Å². The van der Waals surface area contributed by atoms with Crippen molar-refractivity contribution in [3.63, 3.8) is 0 Å². The van der Waals surface area contributed by atoms with Crippen LogP contribution in [0.1, 0.15) is 24.0 Å². The Labute approximate surface area is 123 Å². The van der Waals surface area contributed by atoms with Gasteiger partial charge in [0.25, 0.3) is 0 Å². The Bertz CT molecular complexity index is 581. The minimum Gasteiger partial charge on any atom is -0.310 e. The molecule has 1 aromatic rings. The number of benzene rings is 1. The summed E-state index contributed by atoms with van der Waals surface area (Å²) in [6, 6.07) is 4.38. The van der Waals surface area contributed by atoms with Gasteiger partial charge in [0.15, 0.2) is 0 Å². The molecule has 0 aliphatic heterocycles. The normalized spacial score (nSPS) is 16.1. The Morgan fingerprint density at radius 2 is 2.00 bits per heavy atom. The van der Waals surface area contributed by atoms with Gasteiger partial charge in [0.2, 0.25) is 10.0 Å². The number of nitrogens with one attached hydrogen (secondary N) is 1. The Morgan fingerprint density at radius 1 is 1.37 bits per heavy atom. The number of halogens is 1. The van der Waals surface area contributed by atoms with Crippen LogP contribution in [0.2, 0.25) is 0 Å². The van der Waals surface area contributed by atoms with Crippen LogP contribution in [0.15, 0.2) is 21.5 Å². The molecule has 0 atom stereocenters. The van der Waals surface area contributed by atoms with Gasteiger partial charge in [-0.25, -0.2) is 12.7 Å². The zero-order valence-electron chi connectivity index (χ0n) is 11.4. The molecular weight excluding hydrogens is 328 g/mol. The third kappa shape index (κ3) is 3.37. The zero-order chi connectivity index (χ0) is 14.2. The lowest BCUT2D eigenvalue weighted by atomic mass is 10.1. The minimum atomic E-state index is -3.42. The molecule has 6 heteroatoms. The fourth-order valence-corrected chi connectivity index (χ4v) is 3.77. The molecule has 0 spiro atoms. The van der Waals surface area contributed by atoms with Crippen molar-refractivity contribution in [1.82, 2.24) is 9.62 Å². The van der Waals surface area contributed by atoms with E-state index in [0.29, 0.717) is 22.0 Å². The van der Waals surface area contributed by atoms with Gasteiger partial charge in [0.05, 0.1) is 4.90 Å². The van der Waals surface area contributed by atoms with Crippen molar-refractivity contribution >= 4 is 26.0 Å². The van der Waals surface area contributed by atoms with Gasteiger partial charge in [-0.2, -0.15) is 0 Å². The summed E-state index contributed by atoms with van der Waals surface area (Å²) in [7, 11) is -0.321. The second kappa shape index (κ2) is 5.52. The average molecular weight is 347 g/mol. The molecule has 1 aliphatic rings. The van der Waals surface area contributed by atoms with E-state index < -0.39 is 10.0 Å². The second-order valence-electron chi connectivity index (χ2n) is 5.17. The lowest BCUT2D eigenvalue weighted by Gasteiger charge is -2.16. The monoisotopic (exact) mass is 346 g/mol.